The van der Waals surface area contributed by atoms with Crippen LogP contribution in [-0.4, -0.2) is 31.7 Å². The third-order valence-corrected chi connectivity index (χ3v) is 5.12. The van der Waals surface area contributed by atoms with Gasteiger partial charge in [-0.2, -0.15) is 5.10 Å². The Hall–Kier alpha value is -0.390. The van der Waals surface area contributed by atoms with Gasteiger partial charge in [-0.15, -0.1) is 0 Å². The second-order valence-corrected chi connectivity index (χ2v) is 7.52. The largest absolute Gasteiger partial charge is 0.386 e. The van der Waals surface area contributed by atoms with Crippen LogP contribution in [0.15, 0.2) is 4.47 Å². The normalized spacial score (nSPS) is 28.8. The van der Waals surface area contributed by atoms with Crippen LogP contribution in [0.4, 0.5) is 0 Å². The summed E-state index contributed by atoms with van der Waals surface area (Å²) in [5.74, 6) is 0. The molecule has 4 nitrogen and oxygen atoms in total. The van der Waals surface area contributed by atoms with Gasteiger partial charge in [-0.3, -0.25) is 4.68 Å². The monoisotopic (exact) mass is 330 g/mol. The topological polar surface area (TPSA) is 47.3 Å². The van der Waals surface area contributed by atoms with Crippen molar-refractivity contribution in [2.24, 2.45) is 7.05 Å². The molecule has 0 bridgehead atoms. The molecule has 5 heteroatoms. The summed E-state index contributed by atoms with van der Waals surface area (Å²) < 4.78 is 8.82. The number of halogens is 1. The minimum Gasteiger partial charge on any atom is -0.386 e. The zero-order chi connectivity index (χ0) is 14.6. The summed E-state index contributed by atoms with van der Waals surface area (Å²) in [6.45, 7) is 9.92. The van der Waals surface area contributed by atoms with Crippen molar-refractivity contribution in [1.82, 2.24) is 9.78 Å². The SMILES string of the molecule is Cc1nn(C)c(CC2(O)CC(C)(C)OC2(C)C)c1Br. The minimum absolute atomic E-state index is 0.307. The lowest BCUT2D eigenvalue weighted by Crippen LogP contribution is -2.48. The van der Waals surface area contributed by atoms with Crippen LogP contribution in [0.5, 0.6) is 0 Å². The lowest BCUT2D eigenvalue weighted by Gasteiger charge is -2.35. The lowest BCUT2D eigenvalue weighted by molar-refractivity contribution is -0.126. The Balaban J connectivity index is 2.37. The van der Waals surface area contributed by atoms with Crippen molar-refractivity contribution in [3.63, 3.8) is 0 Å². The first-order valence-corrected chi connectivity index (χ1v) is 7.37. The van der Waals surface area contributed by atoms with Crippen LogP contribution in [-0.2, 0) is 18.2 Å². The highest BCUT2D eigenvalue weighted by Crippen LogP contribution is 2.47. The molecule has 1 fully saturated rings. The molecule has 1 aromatic heterocycles. The number of nitrogens with zero attached hydrogens (tertiary/aromatic N) is 2. The Kier molecular flexibility index (Phi) is 3.40. The van der Waals surface area contributed by atoms with Crippen molar-refractivity contribution in [3.05, 3.63) is 15.9 Å². The summed E-state index contributed by atoms with van der Waals surface area (Å²) in [6, 6.07) is 0. The van der Waals surface area contributed by atoms with Crippen molar-refractivity contribution < 1.29 is 9.84 Å². The molecule has 2 rings (SSSR count). The molecule has 1 aromatic rings. The van der Waals surface area contributed by atoms with Gasteiger partial charge in [0, 0.05) is 19.9 Å². The first-order valence-electron chi connectivity index (χ1n) is 6.58. The summed E-state index contributed by atoms with van der Waals surface area (Å²) >= 11 is 3.56. The molecule has 19 heavy (non-hydrogen) atoms. The van der Waals surface area contributed by atoms with Crippen LogP contribution in [0.2, 0.25) is 0 Å². The lowest BCUT2D eigenvalue weighted by atomic mass is 9.79. The van der Waals surface area contributed by atoms with E-state index in [-0.39, 0.29) is 5.60 Å². The molecule has 0 amide bonds. The van der Waals surface area contributed by atoms with Crippen LogP contribution in [0, 0.1) is 6.92 Å². The van der Waals surface area contributed by atoms with Crippen molar-refractivity contribution >= 4 is 15.9 Å². The highest BCUT2D eigenvalue weighted by molar-refractivity contribution is 9.10. The molecule has 0 spiro atoms. The van der Waals surface area contributed by atoms with Crippen LogP contribution in [0.3, 0.4) is 0 Å². The number of aliphatic hydroxyl groups is 1. The molecule has 1 aliphatic rings. The molecule has 0 aliphatic carbocycles. The van der Waals surface area contributed by atoms with Gasteiger partial charge < -0.3 is 9.84 Å². The molecule has 1 unspecified atom stereocenters. The maximum absolute atomic E-state index is 11.1. The summed E-state index contributed by atoms with van der Waals surface area (Å²) in [5, 5.41) is 15.5. The third kappa shape index (κ3) is 2.48. The molecule has 2 heterocycles. The quantitative estimate of drug-likeness (QED) is 0.906. The highest BCUT2D eigenvalue weighted by atomic mass is 79.9. The van der Waals surface area contributed by atoms with Gasteiger partial charge in [-0.05, 0) is 50.5 Å². The van der Waals surface area contributed by atoms with E-state index in [1.807, 2.05) is 46.3 Å². The number of hydrogen-bond acceptors (Lipinski definition) is 3. The molecular formula is C14H23BrN2O2. The van der Waals surface area contributed by atoms with E-state index in [0.717, 1.165) is 15.9 Å². The Morgan fingerprint density at radius 3 is 2.32 bits per heavy atom. The van der Waals surface area contributed by atoms with Gasteiger partial charge in [-0.1, -0.05) is 0 Å². The predicted molar refractivity (Wildman–Crippen MR) is 78.2 cm³/mol. The van der Waals surface area contributed by atoms with Crippen LogP contribution in [0.25, 0.3) is 0 Å². The summed E-state index contributed by atoms with van der Waals surface area (Å²) in [6.07, 6.45) is 1.14. The maximum Gasteiger partial charge on any atom is 0.101 e. The van der Waals surface area contributed by atoms with Crippen LogP contribution >= 0.6 is 15.9 Å². The molecule has 1 N–H and O–H groups in total. The summed E-state index contributed by atoms with van der Waals surface area (Å²) in [7, 11) is 1.91. The molecular weight excluding hydrogens is 308 g/mol. The Morgan fingerprint density at radius 1 is 1.37 bits per heavy atom. The van der Waals surface area contributed by atoms with Gasteiger partial charge in [0.05, 0.1) is 27.1 Å². The number of rotatable bonds is 2. The zero-order valence-corrected chi connectivity index (χ0v) is 14.1. The molecule has 0 saturated carbocycles. The van der Waals surface area contributed by atoms with E-state index in [2.05, 4.69) is 21.0 Å². The maximum atomic E-state index is 11.1. The average molecular weight is 331 g/mol. The molecule has 0 aromatic carbocycles. The van der Waals surface area contributed by atoms with E-state index < -0.39 is 11.2 Å². The zero-order valence-electron chi connectivity index (χ0n) is 12.5. The molecule has 1 saturated heterocycles. The van der Waals surface area contributed by atoms with E-state index in [4.69, 9.17) is 4.74 Å². The Morgan fingerprint density at radius 2 is 1.95 bits per heavy atom. The minimum atomic E-state index is -0.890. The average Bonchev–Trinajstić information content (AvgIpc) is 2.51. The van der Waals surface area contributed by atoms with E-state index in [1.165, 1.54) is 0 Å². The predicted octanol–water partition coefficient (Wildman–Crippen LogP) is 2.74. The first kappa shape index (κ1) is 15.0. The van der Waals surface area contributed by atoms with Crippen molar-refractivity contribution in [3.8, 4) is 0 Å². The number of hydrogen-bond donors (Lipinski definition) is 1. The first-order chi connectivity index (χ1) is 8.47. The molecule has 1 aliphatic heterocycles. The molecule has 1 atom stereocenters. The summed E-state index contributed by atoms with van der Waals surface area (Å²) in [5.41, 5.74) is 0.178. The highest BCUT2D eigenvalue weighted by Gasteiger charge is 2.56. The van der Waals surface area contributed by atoms with Gasteiger partial charge in [0.25, 0.3) is 0 Å². The Bertz CT molecular complexity index is 508. The van der Waals surface area contributed by atoms with Crippen LogP contribution < -0.4 is 0 Å². The van der Waals surface area contributed by atoms with Crippen molar-refractivity contribution in [2.45, 2.75) is 64.3 Å². The fraction of sp³-hybridized carbons (Fsp3) is 0.786. The summed E-state index contributed by atoms with van der Waals surface area (Å²) in [4.78, 5) is 0. The number of ether oxygens (including phenoxy) is 1. The number of aryl methyl sites for hydroxylation is 2. The van der Waals surface area contributed by atoms with Gasteiger partial charge in [0.15, 0.2) is 0 Å². The van der Waals surface area contributed by atoms with E-state index >= 15 is 0 Å². The van der Waals surface area contributed by atoms with Crippen LogP contribution in [0.1, 0.15) is 45.5 Å². The fourth-order valence-electron chi connectivity index (χ4n) is 3.16. The van der Waals surface area contributed by atoms with Gasteiger partial charge in [0.2, 0.25) is 0 Å². The fourth-order valence-corrected chi connectivity index (χ4v) is 3.64. The van der Waals surface area contributed by atoms with E-state index in [9.17, 15) is 5.11 Å². The molecule has 108 valence electrons. The van der Waals surface area contributed by atoms with E-state index in [0.29, 0.717) is 12.8 Å². The van der Waals surface area contributed by atoms with E-state index in [1.54, 1.807) is 0 Å². The molecule has 0 radical (unpaired) electrons. The smallest absolute Gasteiger partial charge is 0.101 e. The standard InChI is InChI=1S/C14H23BrN2O2/c1-9-11(15)10(17(6)16-9)7-14(18)8-12(2,3)19-13(14,4)5/h18H,7-8H2,1-6H3. The third-order valence-electron chi connectivity index (χ3n) is 4.09. The second-order valence-electron chi connectivity index (χ2n) is 6.73. The second kappa shape index (κ2) is 4.30. The number of aromatic nitrogens is 2. The van der Waals surface area contributed by atoms with Crippen molar-refractivity contribution in [1.29, 1.82) is 0 Å². The van der Waals surface area contributed by atoms with Gasteiger partial charge >= 0.3 is 0 Å². The van der Waals surface area contributed by atoms with Gasteiger partial charge in [0.1, 0.15) is 5.60 Å². The van der Waals surface area contributed by atoms with Crippen molar-refractivity contribution in [2.75, 3.05) is 0 Å². The van der Waals surface area contributed by atoms with Gasteiger partial charge in [-0.25, -0.2) is 0 Å². The Labute approximate surface area is 123 Å².